The number of aromatic amines is 1. The molecule has 8 nitrogen and oxygen atoms in total. The van der Waals surface area contributed by atoms with Gasteiger partial charge in [0, 0.05) is 31.0 Å². The molecule has 1 saturated carbocycles. The minimum Gasteiger partial charge on any atom is -0.495 e. The van der Waals surface area contributed by atoms with Gasteiger partial charge in [-0.05, 0) is 31.0 Å². The maximum atomic E-state index is 13.6. The van der Waals surface area contributed by atoms with Gasteiger partial charge in [0.15, 0.2) is 0 Å². The van der Waals surface area contributed by atoms with Gasteiger partial charge >= 0.3 is 6.18 Å². The standard InChI is InChI=1S/C23H24F3N7O/c1-33-17(9-10-28-33)13-7-8-16(18(11-13)34-2)30-22-31-20-19(15(12-27-20)23(24,25)26)21(32-22)29-14-5-3-4-6-14/h7-12,14H,3-6H2,1-2H3,(H3,27,29,30,31,32). The van der Waals surface area contributed by atoms with Gasteiger partial charge in [0.25, 0.3) is 0 Å². The second kappa shape index (κ2) is 8.54. The summed E-state index contributed by atoms with van der Waals surface area (Å²) in [5.74, 6) is 0.865. The van der Waals surface area contributed by atoms with Crippen LogP contribution in [-0.2, 0) is 13.2 Å². The maximum Gasteiger partial charge on any atom is 0.418 e. The molecule has 1 fully saturated rings. The van der Waals surface area contributed by atoms with Crippen LogP contribution in [0.15, 0.2) is 36.7 Å². The lowest BCUT2D eigenvalue weighted by Crippen LogP contribution is -2.17. The van der Waals surface area contributed by atoms with E-state index in [2.05, 4.69) is 30.7 Å². The number of aromatic nitrogens is 5. The number of anilines is 3. The lowest BCUT2D eigenvalue weighted by Gasteiger charge is -2.17. The number of H-pyrrole nitrogens is 1. The van der Waals surface area contributed by atoms with Crippen LogP contribution < -0.4 is 15.4 Å². The molecule has 0 atom stereocenters. The van der Waals surface area contributed by atoms with Crippen molar-refractivity contribution in [2.24, 2.45) is 7.05 Å². The van der Waals surface area contributed by atoms with E-state index in [0.29, 0.717) is 11.4 Å². The second-order valence-electron chi connectivity index (χ2n) is 8.33. The van der Waals surface area contributed by atoms with Gasteiger partial charge < -0.3 is 20.4 Å². The Hall–Kier alpha value is -3.76. The van der Waals surface area contributed by atoms with Gasteiger partial charge in [0.1, 0.15) is 17.2 Å². The lowest BCUT2D eigenvalue weighted by molar-refractivity contribution is -0.136. The van der Waals surface area contributed by atoms with E-state index >= 15 is 0 Å². The summed E-state index contributed by atoms with van der Waals surface area (Å²) in [6.45, 7) is 0. The fourth-order valence-corrected chi connectivity index (χ4v) is 4.41. The molecule has 1 aliphatic rings. The first-order valence-corrected chi connectivity index (χ1v) is 11.0. The van der Waals surface area contributed by atoms with Crippen LogP contribution in [0, 0.1) is 0 Å². The molecule has 3 heterocycles. The number of benzene rings is 1. The van der Waals surface area contributed by atoms with Crippen LogP contribution in [0.3, 0.4) is 0 Å². The number of methoxy groups -OCH3 is 1. The molecular weight excluding hydrogens is 447 g/mol. The van der Waals surface area contributed by atoms with Crippen LogP contribution in [0.2, 0.25) is 0 Å². The Morgan fingerprint density at radius 3 is 2.62 bits per heavy atom. The molecule has 5 rings (SSSR count). The molecule has 0 radical (unpaired) electrons. The number of alkyl halides is 3. The van der Waals surface area contributed by atoms with Gasteiger partial charge in [-0.1, -0.05) is 18.9 Å². The molecule has 34 heavy (non-hydrogen) atoms. The van der Waals surface area contributed by atoms with E-state index in [0.717, 1.165) is 43.1 Å². The zero-order valence-electron chi connectivity index (χ0n) is 18.7. The van der Waals surface area contributed by atoms with E-state index in [9.17, 15) is 13.2 Å². The van der Waals surface area contributed by atoms with Crippen LogP contribution in [-0.4, -0.2) is 37.9 Å². The van der Waals surface area contributed by atoms with E-state index in [4.69, 9.17) is 4.74 Å². The van der Waals surface area contributed by atoms with Crippen molar-refractivity contribution in [1.82, 2.24) is 24.7 Å². The molecule has 178 valence electrons. The van der Waals surface area contributed by atoms with Crippen LogP contribution in [0.1, 0.15) is 31.2 Å². The summed E-state index contributed by atoms with van der Waals surface area (Å²) in [6.07, 6.45) is 1.99. The third-order valence-electron chi connectivity index (χ3n) is 6.10. The third-order valence-corrected chi connectivity index (χ3v) is 6.10. The average molecular weight is 471 g/mol. The Kier molecular flexibility index (Phi) is 5.54. The molecule has 3 N–H and O–H groups in total. The number of nitrogens with one attached hydrogen (secondary N) is 3. The average Bonchev–Trinajstić information content (AvgIpc) is 3.54. The molecule has 0 bridgehead atoms. The zero-order valence-corrected chi connectivity index (χ0v) is 18.7. The Labute approximate surface area is 193 Å². The fourth-order valence-electron chi connectivity index (χ4n) is 4.41. The minimum absolute atomic E-state index is 0.0523. The highest BCUT2D eigenvalue weighted by Crippen LogP contribution is 2.39. The predicted octanol–water partition coefficient (Wildman–Crippen LogP) is 5.48. The van der Waals surface area contributed by atoms with E-state index in [1.54, 1.807) is 18.0 Å². The number of rotatable bonds is 6. The molecule has 0 amide bonds. The Morgan fingerprint density at radius 1 is 1.15 bits per heavy atom. The number of nitrogens with zero attached hydrogens (tertiary/aromatic N) is 4. The topological polar surface area (TPSA) is 92.7 Å². The van der Waals surface area contributed by atoms with Crippen LogP contribution in [0.4, 0.5) is 30.6 Å². The van der Waals surface area contributed by atoms with Crippen LogP contribution in [0.25, 0.3) is 22.3 Å². The number of aryl methyl sites for hydroxylation is 1. The summed E-state index contributed by atoms with van der Waals surface area (Å²) in [6, 6.07) is 7.54. The first-order chi connectivity index (χ1) is 16.3. The van der Waals surface area contributed by atoms with Gasteiger partial charge in [0.2, 0.25) is 5.95 Å². The highest BCUT2D eigenvalue weighted by atomic mass is 19.4. The summed E-state index contributed by atoms with van der Waals surface area (Å²) < 4.78 is 48.2. The summed E-state index contributed by atoms with van der Waals surface area (Å²) in [5.41, 5.74) is 1.73. The van der Waals surface area contributed by atoms with E-state index in [1.807, 2.05) is 31.3 Å². The minimum atomic E-state index is -4.52. The van der Waals surface area contributed by atoms with Crippen LogP contribution >= 0.6 is 0 Å². The Balaban J connectivity index is 1.53. The molecule has 1 aromatic carbocycles. The quantitative estimate of drug-likeness (QED) is 0.345. The molecule has 4 aromatic rings. The van der Waals surface area contributed by atoms with E-state index in [-0.39, 0.29) is 28.8 Å². The number of halogens is 3. The normalized spacial score (nSPS) is 14.6. The van der Waals surface area contributed by atoms with Crippen molar-refractivity contribution >= 4 is 28.5 Å². The first-order valence-electron chi connectivity index (χ1n) is 11.0. The third kappa shape index (κ3) is 4.13. The van der Waals surface area contributed by atoms with E-state index in [1.165, 1.54) is 0 Å². The zero-order chi connectivity index (χ0) is 23.9. The van der Waals surface area contributed by atoms with Crippen molar-refractivity contribution in [3.8, 4) is 17.0 Å². The van der Waals surface area contributed by atoms with Crippen molar-refractivity contribution in [3.05, 3.63) is 42.2 Å². The van der Waals surface area contributed by atoms with Gasteiger partial charge in [-0.2, -0.15) is 28.2 Å². The maximum absolute atomic E-state index is 13.6. The van der Waals surface area contributed by atoms with Crippen molar-refractivity contribution < 1.29 is 17.9 Å². The molecule has 0 spiro atoms. The van der Waals surface area contributed by atoms with Gasteiger partial charge in [-0.3, -0.25) is 4.68 Å². The lowest BCUT2D eigenvalue weighted by atomic mass is 10.1. The monoisotopic (exact) mass is 471 g/mol. The molecule has 11 heteroatoms. The van der Waals surface area contributed by atoms with Crippen molar-refractivity contribution in [1.29, 1.82) is 0 Å². The van der Waals surface area contributed by atoms with Crippen molar-refractivity contribution in [2.75, 3.05) is 17.7 Å². The summed E-state index contributed by atoms with van der Waals surface area (Å²) in [4.78, 5) is 11.4. The number of hydrogen-bond donors (Lipinski definition) is 3. The molecule has 0 unspecified atom stereocenters. The predicted molar refractivity (Wildman–Crippen MR) is 123 cm³/mol. The Bertz CT molecular complexity index is 1320. The summed E-state index contributed by atoms with van der Waals surface area (Å²) in [5, 5.41) is 10.5. The number of fused-ring (bicyclic) bond motifs is 1. The summed E-state index contributed by atoms with van der Waals surface area (Å²) in [7, 11) is 3.40. The summed E-state index contributed by atoms with van der Waals surface area (Å²) >= 11 is 0. The number of ether oxygens (including phenoxy) is 1. The second-order valence-corrected chi connectivity index (χ2v) is 8.33. The molecule has 0 saturated heterocycles. The largest absolute Gasteiger partial charge is 0.495 e. The van der Waals surface area contributed by atoms with Gasteiger partial charge in [-0.15, -0.1) is 0 Å². The molecule has 3 aromatic heterocycles. The van der Waals surface area contributed by atoms with Gasteiger partial charge in [0.05, 0.1) is 29.4 Å². The van der Waals surface area contributed by atoms with Gasteiger partial charge in [-0.25, -0.2) is 0 Å². The molecule has 0 aliphatic heterocycles. The number of hydrogen-bond acceptors (Lipinski definition) is 6. The van der Waals surface area contributed by atoms with Crippen molar-refractivity contribution in [3.63, 3.8) is 0 Å². The fraction of sp³-hybridized carbons (Fsp3) is 0.348. The highest BCUT2D eigenvalue weighted by Gasteiger charge is 2.36. The molecular formula is C23H24F3N7O. The first kappa shape index (κ1) is 22.1. The highest BCUT2D eigenvalue weighted by molar-refractivity contribution is 5.92. The van der Waals surface area contributed by atoms with Crippen LogP contribution in [0.5, 0.6) is 5.75 Å². The SMILES string of the molecule is COc1cc(-c2ccnn2C)ccc1Nc1nc(NC2CCCC2)c2c(C(F)(F)F)c[nH]c2n1. The van der Waals surface area contributed by atoms with Crippen molar-refractivity contribution in [2.45, 2.75) is 37.9 Å². The molecule has 1 aliphatic carbocycles. The smallest absolute Gasteiger partial charge is 0.418 e. The Morgan fingerprint density at radius 2 is 1.94 bits per heavy atom. The van der Waals surface area contributed by atoms with E-state index < -0.39 is 11.7 Å².